The third kappa shape index (κ3) is 4.97. The Bertz CT molecular complexity index is 1130. The second kappa shape index (κ2) is 8.44. The van der Waals surface area contributed by atoms with Crippen LogP contribution in [0, 0.1) is 0 Å². The molecular formula is C17H19F3N6O3S. The lowest BCUT2D eigenvalue weighted by atomic mass is 10.2. The van der Waals surface area contributed by atoms with E-state index in [4.69, 9.17) is 4.74 Å². The molecule has 0 spiro atoms. The Kier molecular flexibility index (Phi) is 6.12. The second-order valence-corrected chi connectivity index (χ2v) is 7.83. The molecule has 0 saturated carbocycles. The molecule has 13 heteroatoms. The van der Waals surface area contributed by atoms with Crippen molar-refractivity contribution in [2.45, 2.75) is 25.6 Å². The molecule has 162 valence electrons. The molecule has 30 heavy (non-hydrogen) atoms. The summed E-state index contributed by atoms with van der Waals surface area (Å²) in [6, 6.07) is 6.33. The number of nitrogens with zero attached hydrogens (tertiary/aromatic N) is 4. The number of hydrogen-bond donors (Lipinski definition) is 2. The number of alkyl halides is 3. The largest absolute Gasteiger partial charge is 0.455 e. The summed E-state index contributed by atoms with van der Waals surface area (Å²) in [5, 5.41) is 0. The van der Waals surface area contributed by atoms with Crippen molar-refractivity contribution in [3.8, 4) is 5.88 Å². The highest BCUT2D eigenvalue weighted by Crippen LogP contribution is 2.38. The first-order valence-electron chi connectivity index (χ1n) is 8.84. The molecule has 0 radical (unpaired) electrons. The van der Waals surface area contributed by atoms with Gasteiger partial charge < -0.3 is 9.30 Å². The Morgan fingerprint density at radius 1 is 1.20 bits per heavy atom. The fourth-order valence-electron chi connectivity index (χ4n) is 2.56. The SMILES string of the molecule is CCCNS(=O)(=O)Nc1nc2ccccc2nc1OC(c1cncn1C)C(F)(F)F. The number of ether oxygens (including phenoxy) is 1. The number of aryl methyl sites for hydroxylation is 1. The first-order valence-corrected chi connectivity index (χ1v) is 10.3. The van der Waals surface area contributed by atoms with Gasteiger partial charge in [-0.2, -0.15) is 26.3 Å². The summed E-state index contributed by atoms with van der Waals surface area (Å²) < 4.78 is 76.4. The molecule has 3 rings (SSSR count). The van der Waals surface area contributed by atoms with Crippen LogP contribution in [0.25, 0.3) is 11.0 Å². The van der Waals surface area contributed by atoms with Crippen LogP contribution in [0.4, 0.5) is 19.0 Å². The van der Waals surface area contributed by atoms with Gasteiger partial charge in [-0.25, -0.2) is 15.0 Å². The summed E-state index contributed by atoms with van der Waals surface area (Å²) in [4.78, 5) is 11.9. The monoisotopic (exact) mass is 444 g/mol. The highest BCUT2D eigenvalue weighted by Gasteiger charge is 2.45. The van der Waals surface area contributed by atoms with Gasteiger partial charge in [-0.3, -0.25) is 4.72 Å². The minimum atomic E-state index is -4.82. The predicted octanol–water partition coefficient (Wildman–Crippen LogP) is 2.70. The fraction of sp³-hybridized carbons (Fsp3) is 0.353. The van der Waals surface area contributed by atoms with E-state index in [2.05, 4.69) is 24.4 Å². The van der Waals surface area contributed by atoms with Crippen LogP contribution in [0.5, 0.6) is 5.88 Å². The Balaban J connectivity index is 2.07. The average Bonchev–Trinajstić information content (AvgIpc) is 3.08. The molecule has 0 aliphatic rings. The van der Waals surface area contributed by atoms with Gasteiger partial charge in [0.2, 0.25) is 11.9 Å². The summed E-state index contributed by atoms with van der Waals surface area (Å²) >= 11 is 0. The lowest BCUT2D eigenvalue weighted by Crippen LogP contribution is -2.32. The fourth-order valence-corrected chi connectivity index (χ4v) is 3.49. The van der Waals surface area contributed by atoms with E-state index in [9.17, 15) is 21.6 Å². The third-order valence-corrected chi connectivity index (χ3v) is 5.01. The lowest BCUT2D eigenvalue weighted by Gasteiger charge is -2.22. The van der Waals surface area contributed by atoms with E-state index in [-0.39, 0.29) is 23.3 Å². The topological polar surface area (TPSA) is 111 Å². The number of fused-ring (bicyclic) bond motifs is 1. The molecule has 0 bridgehead atoms. The van der Waals surface area contributed by atoms with Gasteiger partial charge in [-0.05, 0) is 18.6 Å². The molecule has 0 saturated heterocycles. The van der Waals surface area contributed by atoms with Crippen molar-refractivity contribution in [1.29, 1.82) is 0 Å². The van der Waals surface area contributed by atoms with E-state index in [0.29, 0.717) is 6.42 Å². The van der Waals surface area contributed by atoms with Crippen molar-refractivity contribution < 1.29 is 26.3 Å². The maximum Gasteiger partial charge on any atom is 0.431 e. The highest BCUT2D eigenvalue weighted by atomic mass is 32.2. The molecule has 3 aromatic rings. The number of halogens is 3. The molecule has 2 heterocycles. The Labute approximate surface area is 170 Å². The number of imidazole rings is 1. The molecule has 1 unspecified atom stereocenters. The number of nitrogens with one attached hydrogen (secondary N) is 2. The third-order valence-electron chi connectivity index (χ3n) is 3.96. The van der Waals surface area contributed by atoms with Crippen LogP contribution in [0.15, 0.2) is 36.8 Å². The number of rotatable bonds is 8. The van der Waals surface area contributed by atoms with Crippen molar-refractivity contribution in [3.05, 3.63) is 42.5 Å². The minimum absolute atomic E-state index is 0.132. The zero-order valence-electron chi connectivity index (χ0n) is 16.0. The predicted molar refractivity (Wildman–Crippen MR) is 103 cm³/mol. The standard InChI is InChI=1S/C17H19F3N6O3S/c1-3-8-22-30(27,28)25-15-16(24-12-7-5-4-6-11(12)23-15)29-14(17(18,19)20)13-9-21-10-26(13)2/h4-7,9-10,14,22H,3,8H2,1-2H3,(H,23,25). The molecule has 0 aliphatic carbocycles. The van der Waals surface area contributed by atoms with Crippen LogP contribution in [0.2, 0.25) is 0 Å². The van der Waals surface area contributed by atoms with Crippen molar-refractivity contribution >= 4 is 27.1 Å². The van der Waals surface area contributed by atoms with Crippen LogP contribution < -0.4 is 14.2 Å². The molecule has 9 nitrogen and oxygen atoms in total. The van der Waals surface area contributed by atoms with E-state index in [1.54, 1.807) is 25.1 Å². The van der Waals surface area contributed by atoms with E-state index in [0.717, 1.165) is 10.8 Å². The average molecular weight is 444 g/mol. The minimum Gasteiger partial charge on any atom is -0.455 e. The molecule has 2 N–H and O–H groups in total. The van der Waals surface area contributed by atoms with Gasteiger partial charge in [-0.1, -0.05) is 19.1 Å². The number of hydrogen-bond acceptors (Lipinski definition) is 6. The van der Waals surface area contributed by atoms with E-state index in [1.165, 1.54) is 19.4 Å². The molecule has 1 aromatic carbocycles. The molecule has 0 fully saturated rings. The second-order valence-electron chi connectivity index (χ2n) is 6.33. The summed E-state index contributed by atoms with van der Waals surface area (Å²) in [5.41, 5.74) is 0.236. The summed E-state index contributed by atoms with van der Waals surface area (Å²) in [7, 11) is -2.72. The molecule has 1 atom stereocenters. The van der Waals surface area contributed by atoms with Crippen molar-refractivity contribution in [2.75, 3.05) is 11.3 Å². The van der Waals surface area contributed by atoms with Crippen molar-refractivity contribution in [1.82, 2.24) is 24.2 Å². The Morgan fingerprint density at radius 2 is 1.87 bits per heavy atom. The van der Waals surface area contributed by atoms with Crippen LogP contribution in [0.3, 0.4) is 0 Å². The van der Waals surface area contributed by atoms with E-state index < -0.39 is 34.2 Å². The number of benzene rings is 1. The first kappa shape index (κ1) is 21.8. The van der Waals surface area contributed by atoms with Crippen LogP contribution in [-0.2, 0) is 17.3 Å². The van der Waals surface area contributed by atoms with Gasteiger partial charge in [0.15, 0.2) is 0 Å². The van der Waals surface area contributed by atoms with Gasteiger partial charge in [0.25, 0.3) is 16.1 Å². The van der Waals surface area contributed by atoms with Crippen molar-refractivity contribution in [3.63, 3.8) is 0 Å². The van der Waals surface area contributed by atoms with Crippen LogP contribution in [0.1, 0.15) is 25.1 Å². The maximum atomic E-state index is 13.7. The van der Waals surface area contributed by atoms with Crippen LogP contribution >= 0.6 is 0 Å². The zero-order chi connectivity index (χ0) is 21.9. The lowest BCUT2D eigenvalue weighted by molar-refractivity contribution is -0.200. The highest BCUT2D eigenvalue weighted by molar-refractivity contribution is 7.90. The normalized spacial score (nSPS) is 13.4. The molecule has 0 amide bonds. The van der Waals surface area contributed by atoms with Gasteiger partial charge in [0.1, 0.15) is 0 Å². The Morgan fingerprint density at radius 3 is 2.43 bits per heavy atom. The van der Waals surface area contributed by atoms with Gasteiger partial charge in [0.05, 0.1) is 29.3 Å². The van der Waals surface area contributed by atoms with E-state index in [1.807, 2.05) is 0 Å². The summed E-state index contributed by atoms with van der Waals surface area (Å²) in [6.07, 6.45) is -4.53. The smallest absolute Gasteiger partial charge is 0.431 e. The zero-order valence-corrected chi connectivity index (χ0v) is 16.8. The molecule has 0 aliphatic heterocycles. The summed E-state index contributed by atoms with van der Waals surface area (Å²) in [5.74, 6) is -1.08. The summed E-state index contributed by atoms with van der Waals surface area (Å²) in [6.45, 7) is 1.89. The first-order chi connectivity index (χ1) is 14.1. The quantitative estimate of drug-likeness (QED) is 0.553. The van der Waals surface area contributed by atoms with Gasteiger partial charge >= 0.3 is 6.18 Å². The van der Waals surface area contributed by atoms with Crippen molar-refractivity contribution in [2.24, 2.45) is 7.05 Å². The molecule has 2 aromatic heterocycles. The van der Waals surface area contributed by atoms with Gasteiger partial charge in [0, 0.05) is 13.6 Å². The number of para-hydroxylation sites is 2. The maximum absolute atomic E-state index is 13.7. The van der Waals surface area contributed by atoms with Gasteiger partial charge in [-0.15, -0.1) is 0 Å². The number of aromatic nitrogens is 4. The number of anilines is 1. The Hall–Kier alpha value is -2.93. The molecular weight excluding hydrogens is 425 g/mol. The van der Waals surface area contributed by atoms with E-state index >= 15 is 0 Å². The van der Waals surface area contributed by atoms with Crippen LogP contribution in [-0.4, -0.2) is 40.7 Å².